The molecule has 30 heavy (non-hydrogen) atoms. The van der Waals surface area contributed by atoms with Gasteiger partial charge in [0.05, 0.1) is 59.6 Å². The van der Waals surface area contributed by atoms with Crippen molar-refractivity contribution in [2.24, 2.45) is 0 Å². The Labute approximate surface area is 194 Å². The molecule has 1 heterocycles. The van der Waals surface area contributed by atoms with Crippen LogP contribution in [0.2, 0.25) is 20.1 Å². The van der Waals surface area contributed by atoms with Gasteiger partial charge in [-0.1, -0.05) is 46.4 Å². The van der Waals surface area contributed by atoms with Crippen LogP contribution in [0.1, 0.15) is 20.7 Å². The summed E-state index contributed by atoms with van der Waals surface area (Å²) in [7, 11) is 0. The van der Waals surface area contributed by atoms with E-state index in [1.165, 1.54) is 29.2 Å². The summed E-state index contributed by atoms with van der Waals surface area (Å²) in [5.74, 6) is -0.799. The fourth-order valence-electron chi connectivity index (χ4n) is 3.33. The van der Waals surface area contributed by atoms with Crippen LogP contribution in [-0.2, 0) is 0 Å². The van der Waals surface area contributed by atoms with Crippen molar-refractivity contribution < 1.29 is 19.6 Å². The molecule has 0 atom stereocenters. The summed E-state index contributed by atoms with van der Waals surface area (Å²) >= 11 is 24.5. The van der Waals surface area contributed by atoms with E-state index in [1.54, 1.807) is 11.0 Å². The third-order valence-corrected chi connectivity index (χ3v) is 5.99. The number of nitrogens with zero attached hydrogens (tertiary/aromatic N) is 1. The van der Waals surface area contributed by atoms with Crippen LogP contribution in [0.3, 0.4) is 0 Å². The second-order valence-corrected chi connectivity index (χ2v) is 8.59. The van der Waals surface area contributed by atoms with Gasteiger partial charge in [0, 0.05) is 10.0 Å². The fourth-order valence-corrected chi connectivity index (χ4v) is 4.36. The smallest absolute Gasteiger partial charge is 0.257 e. The number of aliphatic hydroxyl groups excluding tert-OH is 1. The Hall–Kier alpha value is -1.54. The van der Waals surface area contributed by atoms with E-state index in [-0.39, 0.29) is 44.4 Å². The summed E-state index contributed by atoms with van der Waals surface area (Å²) in [6.45, 7) is 3.25. The van der Waals surface area contributed by atoms with Crippen LogP contribution in [0, 0.1) is 0 Å². The largest absolute Gasteiger partial charge is 0.391 e. The van der Waals surface area contributed by atoms with E-state index in [9.17, 15) is 9.59 Å². The first-order valence-electron chi connectivity index (χ1n) is 9.29. The highest BCUT2D eigenvalue weighted by Crippen LogP contribution is 2.32. The number of benzene rings is 2. The number of hydrogen-bond donors (Lipinski definition) is 3. The van der Waals surface area contributed by atoms with Crippen molar-refractivity contribution in [3.8, 4) is 0 Å². The van der Waals surface area contributed by atoms with Crippen molar-refractivity contribution in [1.29, 1.82) is 0 Å². The van der Waals surface area contributed by atoms with Gasteiger partial charge in [-0.3, -0.25) is 9.59 Å². The van der Waals surface area contributed by atoms with E-state index in [1.807, 2.05) is 0 Å². The highest BCUT2D eigenvalue weighted by Gasteiger charge is 2.27. The van der Waals surface area contributed by atoms with Gasteiger partial charge < -0.3 is 20.2 Å². The molecule has 0 bridgehead atoms. The first-order valence-corrected chi connectivity index (χ1v) is 10.8. The zero-order valence-electron chi connectivity index (χ0n) is 15.9. The molecule has 0 saturated carbocycles. The molecule has 6 nitrogen and oxygen atoms in total. The molecule has 2 aromatic rings. The molecule has 0 spiro atoms. The average Bonchev–Trinajstić information content (AvgIpc) is 2.70. The van der Waals surface area contributed by atoms with Gasteiger partial charge in [0.25, 0.3) is 11.8 Å². The van der Waals surface area contributed by atoms with Gasteiger partial charge in [-0.25, -0.2) is 0 Å². The van der Waals surface area contributed by atoms with E-state index < -0.39 is 5.91 Å². The maximum atomic E-state index is 13.2. The van der Waals surface area contributed by atoms with Gasteiger partial charge in [-0.2, -0.15) is 0 Å². The third-order valence-electron chi connectivity index (χ3n) is 4.92. The van der Waals surface area contributed by atoms with Crippen molar-refractivity contribution in [1.82, 2.24) is 4.90 Å². The lowest BCUT2D eigenvalue weighted by molar-refractivity contribution is -0.904. The van der Waals surface area contributed by atoms with E-state index >= 15 is 0 Å². The van der Waals surface area contributed by atoms with E-state index in [2.05, 4.69) is 5.32 Å². The summed E-state index contributed by atoms with van der Waals surface area (Å²) in [5, 5.41) is 12.8. The number of aliphatic hydroxyl groups is 1. The Bertz CT molecular complexity index is 963. The zero-order chi connectivity index (χ0) is 21.8. The lowest BCUT2D eigenvalue weighted by atomic mass is 10.1. The van der Waals surface area contributed by atoms with Crippen LogP contribution in [0.25, 0.3) is 0 Å². The maximum absolute atomic E-state index is 13.2. The molecule has 0 aromatic heterocycles. The molecule has 0 unspecified atom stereocenters. The average molecular weight is 492 g/mol. The fraction of sp³-hybridized carbons (Fsp3) is 0.300. The topological polar surface area (TPSA) is 74.1 Å². The lowest BCUT2D eigenvalue weighted by Crippen LogP contribution is -3.15. The summed E-state index contributed by atoms with van der Waals surface area (Å²) in [6, 6.07) is 7.45. The van der Waals surface area contributed by atoms with E-state index in [0.29, 0.717) is 24.7 Å². The summed E-state index contributed by atoms with van der Waals surface area (Å²) < 4.78 is 0. The van der Waals surface area contributed by atoms with Crippen LogP contribution in [0.15, 0.2) is 30.3 Å². The predicted molar refractivity (Wildman–Crippen MR) is 119 cm³/mol. The van der Waals surface area contributed by atoms with Crippen LogP contribution < -0.4 is 10.2 Å². The van der Waals surface area contributed by atoms with Crippen molar-refractivity contribution in [2.75, 3.05) is 44.6 Å². The van der Waals surface area contributed by atoms with Crippen LogP contribution in [0.4, 0.5) is 5.69 Å². The van der Waals surface area contributed by atoms with Crippen LogP contribution in [0.5, 0.6) is 0 Å². The molecule has 1 saturated heterocycles. The quantitative estimate of drug-likeness (QED) is 0.602. The summed E-state index contributed by atoms with van der Waals surface area (Å²) in [5.41, 5.74) is 0.579. The molecule has 2 aromatic carbocycles. The Morgan fingerprint density at radius 3 is 2.27 bits per heavy atom. The Morgan fingerprint density at radius 2 is 1.63 bits per heavy atom. The Morgan fingerprint density at radius 1 is 0.967 bits per heavy atom. The minimum absolute atomic E-state index is 0.108. The van der Waals surface area contributed by atoms with Gasteiger partial charge in [0.1, 0.15) is 6.54 Å². The summed E-state index contributed by atoms with van der Waals surface area (Å²) in [6.07, 6.45) is 0. The van der Waals surface area contributed by atoms with Crippen molar-refractivity contribution >= 4 is 63.9 Å². The van der Waals surface area contributed by atoms with E-state index in [0.717, 1.165) is 13.1 Å². The Balaban J connectivity index is 1.85. The zero-order valence-corrected chi connectivity index (χ0v) is 18.9. The predicted octanol–water partition coefficient (Wildman–Crippen LogP) is 2.89. The van der Waals surface area contributed by atoms with Crippen molar-refractivity contribution in [3.05, 3.63) is 61.5 Å². The van der Waals surface area contributed by atoms with Gasteiger partial charge >= 0.3 is 0 Å². The molecular formula is C20H20Cl4N3O3+. The highest BCUT2D eigenvalue weighted by atomic mass is 35.5. The molecule has 0 aliphatic carbocycles. The number of rotatable bonds is 5. The Kier molecular flexibility index (Phi) is 7.85. The number of piperazine rings is 1. The molecule has 2 amide bonds. The number of carbonyl (C=O) groups is 2. The van der Waals surface area contributed by atoms with Gasteiger partial charge in [-0.15, -0.1) is 0 Å². The maximum Gasteiger partial charge on any atom is 0.257 e. The van der Waals surface area contributed by atoms with E-state index in [4.69, 9.17) is 51.5 Å². The molecule has 0 radical (unpaired) electrons. The minimum atomic E-state index is -0.521. The first-order chi connectivity index (χ1) is 14.3. The molecule has 3 rings (SSSR count). The lowest BCUT2D eigenvalue weighted by Gasteiger charge is -2.32. The standard InChI is InChI=1S/C20H19Cl4N3O3/c21-12-1-2-14(16(23)10-12)19(29)25-18-15(9-13(22)11-17(18)24)20(30)27-5-3-26(4-6-27)7-8-28/h1-2,9-11,28H,3-8H2,(H,25,29)/p+1. The number of carbonyl (C=O) groups excluding carboxylic acids is 2. The number of anilines is 1. The third kappa shape index (κ3) is 5.38. The first kappa shape index (κ1) is 23.1. The second-order valence-electron chi connectivity index (χ2n) is 6.90. The van der Waals surface area contributed by atoms with Crippen LogP contribution in [-0.4, -0.2) is 61.2 Å². The summed E-state index contributed by atoms with van der Waals surface area (Å²) in [4.78, 5) is 28.9. The van der Waals surface area contributed by atoms with Crippen molar-refractivity contribution in [3.63, 3.8) is 0 Å². The second kappa shape index (κ2) is 10.2. The number of quaternary nitrogens is 1. The molecule has 1 aliphatic heterocycles. The minimum Gasteiger partial charge on any atom is -0.391 e. The molecule has 1 fully saturated rings. The highest BCUT2D eigenvalue weighted by molar-refractivity contribution is 6.39. The molecule has 3 N–H and O–H groups in total. The SMILES string of the molecule is O=C(Nc1c(Cl)cc(Cl)cc1C(=O)N1CC[NH+](CCO)CC1)c1ccc(Cl)cc1Cl. The number of hydrogen-bond acceptors (Lipinski definition) is 3. The van der Waals surface area contributed by atoms with Gasteiger partial charge in [-0.05, 0) is 30.3 Å². The molecule has 10 heteroatoms. The molecule has 1 aliphatic rings. The van der Waals surface area contributed by atoms with Crippen LogP contribution >= 0.6 is 46.4 Å². The molecular weight excluding hydrogens is 472 g/mol. The van der Waals surface area contributed by atoms with Gasteiger partial charge in [0.15, 0.2) is 0 Å². The number of halogens is 4. The number of amides is 2. The molecule has 160 valence electrons. The van der Waals surface area contributed by atoms with Crippen molar-refractivity contribution in [2.45, 2.75) is 0 Å². The number of nitrogens with one attached hydrogen (secondary N) is 2. The monoisotopic (exact) mass is 490 g/mol. The van der Waals surface area contributed by atoms with Gasteiger partial charge in [0.2, 0.25) is 0 Å². The normalized spacial score (nSPS) is 14.6.